The van der Waals surface area contributed by atoms with Gasteiger partial charge in [0.2, 0.25) is 0 Å². The lowest BCUT2D eigenvalue weighted by molar-refractivity contribution is 0.263. The van der Waals surface area contributed by atoms with E-state index in [2.05, 4.69) is 29.1 Å². The number of hydrazine groups is 3. The van der Waals surface area contributed by atoms with Crippen molar-refractivity contribution >= 4 is 8.56 Å². The van der Waals surface area contributed by atoms with Gasteiger partial charge in [-0.05, 0) is 5.54 Å². The van der Waals surface area contributed by atoms with E-state index in [1.165, 1.54) is 0 Å². The van der Waals surface area contributed by atoms with Crippen molar-refractivity contribution in [2.24, 2.45) is 0 Å². The number of rotatable bonds is 7. The van der Waals surface area contributed by atoms with Crippen LogP contribution in [0.25, 0.3) is 0 Å². The molecular weight excluding hydrogens is 220 g/mol. The first-order valence-corrected chi connectivity index (χ1v) is 7.62. The molecule has 0 atom stereocenters. The Morgan fingerprint density at radius 1 is 0.688 bits per heavy atom. The Morgan fingerprint density at radius 3 is 1.06 bits per heavy atom. The monoisotopic (exact) mass is 248 g/mol. The molecule has 16 heavy (non-hydrogen) atoms. The summed E-state index contributed by atoms with van der Waals surface area (Å²) >= 11 is 0. The zero-order valence-electron chi connectivity index (χ0n) is 11.9. The smallest absolute Gasteiger partial charge is 0.255 e. The SMILES string of the molecule is CC(C)[Si](NN(C)C)(NN(C)C)NN(C)C. The van der Waals surface area contributed by atoms with Gasteiger partial charge in [-0.15, -0.1) is 0 Å². The molecule has 0 rings (SSSR count). The van der Waals surface area contributed by atoms with E-state index in [9.17, 15) is 0 Å². The van der Waals surface area contributed by atoms with Gasteiger partial charge in [-0.3, -0.25) is 15.0 Å². The van der Waals surface area contributed by atoms with Crippen molar-refractivity contribution in [3.63, 3.8) is 0 Å². The predicted molar refractivity (Wildman–Crippen MR) is 71.3 cm³/mol. The minimum absolute atomic E-state index is 0.486. The average Bonchev–Trinajstić information content (AvgIpc) is 1.98. The van der Waals surface area contributed by atoms with Crippen LogP contribution in [0, 0.1) is 0 Å². The van der Waals surface area contributed by atoms with Crippen molar-refractivity contribution in [2.75, 3.05) is 42.3 Å². The summed E-state index contributed by atoms with van der Waals surface area (Å²) in [5.41, 5.74) is 0.486. The molecule has 0 aromatic rings. The van der Waals surface area contributed by atoms with E-state index >= 15 is 0 Å². The number of hydrogen-bond acceptors (Lipinski definition) is 6. The Balaban J connectivity index is 4.88. The average molecular weight is 248 g/mol. The minimum atomic E-state index is -2.03. The van der Waals surface area contributed by atoms with Crippen LogP contribution in [0.2, 0.25) is 5.54 Å². The minimum Gasteiger partial charge on any atom is -0.255 e. The molecule has 3 N–H and O–H groups in total. The molecule has 0 bridgehead atoms. The second-order valence-electron chi connectivity index (χ2n) is 4.98. The van der Waals surface area contributed by atoms with Crippen LogP contribution in [0.1, 0.15) is 13.8 Å². The van der Waals surface area contributed by atoms with Crippen molar-refractivity contribution in [1.82, 2.24) is 30.3 Å². The Morgan fingerprint density at radius 2 is 0.938 bits per heavy atom. The fourth-order valence-electron chi connectivity index (χ4n) is 1.52. The maximum atomic E-state index is 3.52. The number of nitrogens with one attached hydrogen (secondary N) is 3. The van der Waals surface area contributed by atoms with Crippen molar-refractivity contribution in [2.45, 2.75) is 19.4 Å². The summed E-state index contributed by atoms with van der Waals surface area (Å²) < 4.78 is 0. The maximum absolute atomic E-state index is 3.52. The van der Waals surface area contributed by atoms with Crippen LogP contribution < -0.4 is 15.3 Å². The first-order valence-electron chi connectivity index (χ1n) is 5.55. The molecular formula is C9H28N6Si. The van der Waals surface area contributed by atoms with E-state index in [1.54, 1.807) is 0 Å². The number of hydrogen-bond donors (Lipinski definition) is 3. The summed E-state index contributed by atoms with van der Waals surface area (Å²) in [5, 5.41) is 16.6. The molecule has 0 aromatic carbocycles. The van der Waals surface area contributed by atoms with Gasteiger partial charge in [-0.1, -0.05) is 13.8 Å². The van der Waals surface area contributed by atoms with Crippen molar-refractivity contribution in [3.8, 4) is 0 Å². The molecule has 0 aliphatic heterocycles. The fourth-order valence-corrected chi connectivity index (χ4v) is 4.56. The molecule has 0 spiro atoms. The van der Waals surface area contributed by atoms with Gasteiger partial charge < -0.3 is 0 Å². The second kappa shape index (κ2) is 6.65. The number of nitrogens with zero attached hydrogens (tertiary/aromatic N) is 3. The van der Waals surface area contributed by atoms with E-state index in [0.717, 1.165) is 0 Å². The molecule has 0 radical (unpaired) electrons. The van der Waals surface area contributed by atoms with Crippen LogP contribution >= 0.6 is 0 Å². The quantitative estimate of drug-likeness (QED) is 0.418. The summed E-state index contributed by atoms with van der Waals surface area (Å²) in [7, 11) is 10.0. The van der Waals surface area contributed by atoms with Crippen LogP contribution in [0.4, 0.5) is 0 Å². The standard InChI is InChI=1S/C9H28N6Si/c1-9(2)16(10-13(3)4,11-14(5)6)12-15(7)8/h9-12H,1-8H3. The summed E-state index contributed by atoms with van der Waals surface area (Å²) in [6.45, 7) is 4.44. The normalized spacial score (nSPS) is 13.5. The van der Waals surface area contributed by atoms with E-state index in [0.29, 0.717) is 5.54 Å². The molecule has 7 heteroatoms. The fraction of sp³-hybridized carbons (Fsp3) is 1.00. The van der Waals surface area contributed by atoms with Crippen LogP contribution in [-0.2, 0) is 0 Å². The molecule has 6 nitrogen and oxygen atoms in total. The van der Waals surface area contributed by atoms with Gasteiger partial charge in [0.1, 0.15) is 0 Å². The first kappa shape index (κ1) is 16.0. The van der Waals surface area contributed by atoms with Crippen molar-refractivity contribution in [3.05, 3.63) is 0 Å². The van der Waals surface area contributed by atoms with Gasteiger partial charge in [0.25, 0.3) is 0 Å². The Hall–Kier alpha value is -0.0231. The lowest BCUT2D eigenvalue weighted by atomic mass is 10.6. The van der Waals surface area contributed by atoms with E-state index < -0.39 is 8.56 Å². The Kier molecular flexibility index (Phi) is 6.64. The highest BCUT2D eigenvalue weighted by Gasteiger charge is 2.40. The molecule has 0 aliphatic rings. The highest BCUT2D eigenvalue weighted by atomic mass is 28.4. The Labute approximate surface area is 101 Å². The summed E-state index contributed by atoms with van der Waals surface area (Å²) in [6.07, 6.45) is 0. The maximum Gasteiger partial charge on any atom is 0.325 e. The Bertz CT molecular complexity index is 168. The lowest BCUT2D eigenvalue weighted by Crippen LogP contribution is -2.80. The highest BCUT2D eigenvalue weighted by Crippen LogP contribution is 2.12. The molecule has 0 heterocycles. The van der Waals surface area contributed by atoms with Crippen LogP contribution in [0.15, 0.2) is 0 Å². The highest BCUT2D eigenvalue weighted by molar-refractivity contribution is 6.73. The molecule has 0 aromatic heterocycles. The molecule has 0 fully saturated rings. The third-order valence-corrected chi connectivity index (χ3v) is 6.20. The van der Waals surface area contributed by atoms with Gasteiger partial charge in [-0.25, -0.2) is 15.3 Å². The molecule has 0 saturated heterocycles. The zero-order valence-corrected chi connectivity index (χ0v) is 12.9. The van der Waals surface area contributed by atoms with Crippen LogP contribution in [0.5, 0.6) is 0 Å². The zero-order chi connectivity index (χ0) is 12.9. The topological polar surface area (TPSA) is 45.8 Å². The van der Waals surface area contributed by atoms with E-state index in [1.807, 2.05) is 57.3 Å². The third-order valence-electron chi connectivity index (χ3n) is 2.07. The first-order chi connectivity index (χ1) is 7.19. The summed E-state index contributed by atoms with van der Waals surface area (Å²) in [5.74, 6) is 0. The largest absolute Gasteiger partial charge is 0.325 e. The van der Waals surface area contributed by atoms with E-state index in [4.69, 9.17) is 0 Å². The molecule has 0 saturated carbocycles. The van der Waals surface area contributed by atoms with Crippen molar-refractivity contribution in [1.29, 1.82) is 0 Å². The van der Waals surface area contributed by atoms with Gasteiger partial charge in [0, 0.05) is 42.3 Å². The summed E-state index contributed by atoms with van der Waals surface area (Å²) in [4.78, 5) is 0. The van der Waals surface area contributed by atoms with Gasteiger partial charge >= 0.3 is 8.56 Å². The van der Waals surface area contributed by atoms with Crippen LogP contribution in [-0.4, -0.2) is 65.9 Å². The second-order valence-corrected chi connectivity index (χ2v) is 8.42. The van der Waals surface area contributed by atoms with Gasteiger partial charge in [-0.2, -0.15) is 0 Å². The third kappa shape index (κ3) is 5.35. The molecule has 98 valence electrons. The van der Waals surface area contributed by atoms with Gasteiger partial charge in [0.15, 0.2) is 0 Å². The van der Waals surface area contributed by atoms with Crippen LogP contribution in [0.3, 0.4) is 0 Å². The molecule has 0 aliphatic carbocycles. The molecule has 0 amide bonds. The summed E-state index contributed by atoms with van der Waals surface area (Å²) in [6, 6.07) is 0. The van der Waals surface area contributed by atoms with Gasteiger partial charge in [0.05, 0.1) is 0 Å². The lowest BCUT2D eigenvalue weighted by Gasteiger charge is -2.42. The molecule has 0 unspecified atom stereocenters. The van der Waals surface area contributed by atoms with E-state index in [-0.39, 0.29) is 0 Å². The predicted octanol–water partition coefficient (Wildman–Crippen LogP) is -0.466. The van der Waals surface area contributed by atoms with Crippen molar-refractivity contribution < 1.29 is 0 Å².